The molecule has 1 heterocycles. The summed E-state index contributed by atoms with van der Waals surface area (Å²) in [5.74, 6) is -0.269. The molecule has 0 unspecified atom stereocenters. The maximum absolute atomic E-state index is 11.8. The minimum atomic E-state index is -0.269. The fourth-order valence-electron chi connectivity index (χ4n) is 1.55. The zero-order valence-electron chi connectivity index (χ0n) is 10.5. The average Bonchev–Trinajstić information content (AvgIpc) is 2.79. The van der Waals surface area contributed by atoms with Crippen molar-refractivity contribution < 1.29 is 9.53 Å². The summed E-state index contributed by atoms with van der Waals surface area (Å²) in [4.78, 5) is 16.8. The number of hydrogen-bond acceptors (Lipinski definition) is 4. The summed E-state index contributed by atoms with van der Waals surface area (Å²) in [6.45, 7) is 4.27. The number of benzene rings is 1. The van der Waals surface area contributed by atoms with E-state index in [1.165, 1.54) is 11.3 Å². The van der Waals surface area contributed by atoms with Crippen molar-refractivity contribution in [1.29, 1.82) is 0 Å². The number of nitrogens with zero attached hydrogens (tertiary/aromatic N) is 1. The van der Waals surface area contributed by atoms with Crippen molar-refractivity contribution in [2.24, 2.45) is 0 Å². The Bertz CT molecular complexity index is 534. The van der Waals surface area contributed by atoms with E-state index in [2.05, 4.69) is 4.98 Å². The summed E-state index contributed by atoms with van der Waals surface area (Å²) in [5, 5.41) is 0.858. The van der Waals surface area contributed by atoms with Crippen molar-refractivity contribution in [2.75, 3.05) is 6.61 Å². The van der Waals surface area contributed by atoms with Gasteiger partial charge in [0.2, 0.25) is 0 Å². The monoisotopic (exact) mass is 261 g/mol. The molecule has 2 aromatic rings. The Balaban J connectivity index is 2.25. The number of ether oxygens (including phenoxy) is 1. The molecule has 1 aromatic carbocycles. The molecular formula is C14H15NO2S. The molecule has 4 heteroatoms. The van der Waals surface area contributed by atoms with Crippen LogP contribution in [0.5, 0.6) is 0 Å². The van der Waals surface area contributed by atoms with Crippen molar-refractivity contribution in [1.82, 2.24) is 4.98 Å². The first-order chi connectivity index (χ1) is 8.72. The van der Waals surface area contributed by atoms with Crippen LogP contribution in [0.15, 0.2) is 30.3 Å². The summed E-state index contributed by atoms with van der Waals surface area (Å²) < 4.78 is 5.14. The average molecular weight is 261 g/mol. The minimum Gasteiger partial charge on any atom is -0.461 e. The molecule has 1 aromatic heterocycles. The van der Waals surface area contributed by atoms with Crippen LogP contribution in [0.4, 0.5) is 0 Å². The molecule has 0 fully saturated rings. The molecule has 94 valence electrons. The van der Waals surface area contributed by atoms with Crippen molar-refractivity contribution in [3.63, 3.8) is 0 Å². The Morgan fingerprint density at radius 1 is 1.33 bits per heavy atom. The number of hydrogen-bond donors (Lipinski definition) is 0. The molecule has 2 rings (SSSR count). The van der Waals surface area contributed by atoms with Crippen molar-refractivity contribution in [3.05, 3.63) is 40.9 Å². The lowest BCUT2D eigenvalue weighted by Gasteiger charge is -2.00. The molecule has 0 radical (unpaired) electrons. The van der Waals surface area contributed by atoms with E-state index in [4.69, 9.17) is 4.74 Å². The fraction of sp³-hybridized carbons (Fsp3) is 0.286. The lowest BCUT2D eigenvalue weighted by atomic mass is 10.2. The molecule has 0 aliphatic carbocycles. The van der Waals surface area contributed by atoms with Gasteiger partial charge in [-0.25, -0.2) is 9.78 Å². The summed E-state index contributed by atoms with van der Waals surface area (Å²) in [6, 6.07) is 9.85. The van der Waals surface area contributed by atoms with Gasteiger partial charge < -0.3 is 4.74 Å². The SMILES string of the molecule is CCCOC(=O)c1sc(-c2ccccc2)nc1C. The Kier molecular flexibility index (Phi) is 4.10. The number of rotatable bonds is 4. The predicted molar refractivity (Wildman–Crippen MR) is 72.9 cm³/mol. The van der Waals surface area contributed by atoms with Crippen LogP contribution in [-0.4, -0.2) is 17.6 Å². The zero-order valence-corrected chi connectivity index (χ0v) is 11.3. The molecule has 0 spiro atoms. The highest BCUT2D eigenvalue weighted by molar-refractivity contribution is 7.17. The van der Waals surface area contributed by atoms with Crippen molar-refractivity contribution in [2.45, 2.75) is 20.3 Å². The van der Waals surface area contributed by atoms with Crippen LogP contribution >= 0.6 is 11.3 Å². The first kappa shape index (κ1) is 12.8. The lowest BCUT2D eigenvalue weighted by Crippen LogP contribution is -2.05. The third kappa shape index (κ3) is 2.76. The van der Waals surface area contributed by atoms with Gasteiger partial charge in [-0.3, -0.25) is 0 Å². The third-order valence-corrected chi connectivity index (χ3v) is 3.63. The van der Waals surface area contributed by atoms with Gasteiger partial charge in [0.15, 0.2) is 0 Å². The van der Waals surface area contributed by atoms with E-state index >= 15 is 0 Å². The van der Waals surface area contributed by atoms with Crippen LogP contribution in [0.25, 0.3) is 10.6 Å². The molecule has 0 aliphatic rings. The molecule has 0 atom stereocenters. The van der Waals surface area contributed by atoms with Gasteiger partial charge in [-0.1, -0.05) is 37.3 Å². The van der Waals surface area contributed by atoms with E-state index in [-0.39, 0.29) is 5.97 Å². The molecule has 0 amide bonds. The minimum absolute atomic E-state index is 0.269. The molecule has 18 heavy (non-hydrogen) atoms. The molecule has 0 N–H and O–H groups in total. The highest BCUT2D eigenvalue weighted by Gasteiger charge is 2.16. The molecular weight excluding hydrogens is 246 g/mol. The molecule has 0 saturated heterocycles. The maximum atomic E-state index is 11.8. The Morgan fingerprint density at radius 3 is 2.72 bits per heavy atom. The van der Waals surface area contributed by atoms with Crippen LogP contribution in [0.3, 0.4) is 0 Å². The second-order valence-corrected chi connectivity index (χ2v) is 4.93. The van der Waals surface area contributed by atoms with E-state index in [0.717, 1.165) is 22.7 Å². The van der Waals surface area contributed by atoms with Gasteiger partial charge >= 0.3 is 5.97 Å². The summed E-state index contributed by atoms with van der Waals surface area (Å²) in [6.07, 6.45) is 0.829. The van der Waals surface area contributed by atoms with Gasteiger partial charge in [0.1, 0.15) is 9.88 Å². The van der Waals surface area contributed by atoms with Crippen molar-refractivity contribution >= 4 is 17.3 Å². The van der Waals surface area contributed by atoms with Gasteiger partial charge in [-0.05, 0) is 13.3 Å². The Morgan fingerprint density at radius 2 is 2.06 bits per heavy atom. The number of aryl methyl sites for hydroxylation is 1. The van der Waals surface area contributed by atoms with Crippen LogP contribution in [-0.2, 0) is 4.74 Å². The van der Waals surface area contributed by atoms with Gasteiger partial charge in [0.25, 0.3) is 0 Å². The number of carbonyl (C=O) groups excluding carboxylic acids is 1. The normalized spacial score (nSPS) is 10.3. The summed E-state index contributed by atoms with van der Waals surface area (Å²) in [7, 11) is 0. The highest BCUT2D eigenvalue weighted by Crippen LogP contribution is 2.28. The largest absolute Gasteiger partial charge is 0.461 e. The number of carbonyl (C=O) groups is 1. The Labute approximate surface area is 110 Å². The molecule has 0 aliphatic heterocycles. The third-order valence-electron chi connectivity index (χ3n) is 2.44. The topological polar surface area (TPSA) is 39.2 Å². The number of aromatic nitrogens is 1. The first-order valence-corrected chi connectivity index (χ1v) is 6.74. The summed E-state index contributed by atoms with van der Waals surface area (Å²) in [5.41, 5.74) is 1.76. The van der Waals surface area contributed by atoms with E-state index in [1.807, 2.05) is 44.2 Å². The predicted octanol–water partition coefficient (Wildman–Crippen LogP) is 3.69. The lowest BCUT2D eigenvalue weighted by molar-refractivity contribution is 0.0510. The van der Waals surface area contributed by atoms with Crippen LogP contribution < -0.4 is 0 Å². The first-order valence-electron chi connectivity index (χ1n) is 5.92. The molecule has 3 nitrogen and oxygen atoms in total. The second-order valence-electron chi connectivity index (χ2n) is 3.94. The molecule has 0 saturated carbocycles. The van der Waals surface area contributed by atoms with Gasteiger partial charge in [0.05, 0.1) is 12.3 Å². The summed E-state index contributed by atoms with van der Waals surface area (Å²) >= 11 is 1.39. The maximum Gasteiger partial charge on any atom is 0.350 e. The Hall–Kier alpha value is -1.68. The quantitative estimate of drug-likeness (QED) is 0.788. The second kappa shape index (κ2) is 5.78. The highest BCUT2D eigenvalue weighted by atomic mass is 32.1. The van der Waals surface area contributed by atoms with Crippen LogP contribution in [0, 0.1) is 6.92 Å². The fourth-order valence-corrected chi connectivity index (χ4v) is 2.52. The van der Waals surface area contributed by atoms with Gasteiger partial charge in [0, 0.05) is 5.56 Å². The molecule has 0 bridgehead atoms. The van der Waals surface area contributed by atoms with Crippen molar-refractivity contribution in [3.8, 4) is 10.6 Å². The van der Waals surface area contributed by atoms with E-state index in [0.29, 0.717) is 11.5 Å². The standard InChI is InChI=1S/C14H15NO2S/c1-3-9-17-14(16)12-10(2)15-13(18-12)11-7-5-4-6-8-11/h4-8H,3,9H2,1-2H3. The van der Waals surface area contributed by atoms with Crippen LogP contribution in [0.1, 0.15) is 28.7 Å². The van der Waals surface area contributed by atoms with Gasteiger partial charge in [-0.15, -0.1) is 11.3 Å². The van der Waals surface area contributed by atoms with Crippen LogP contribution in [0.2, 0.25) is 0 Å². The van der Waals surface area contributed by atoms with Gasteiger partial charge in [-0.2, -0.15) is 0 Å². The zero-order chi connectivity index (χ0) is 13.0. The smallest absolute Gasteiger partial charge is 0.350 e. The number of esters is 1. The van der Waals surface area contributed by atoms with E-state index < -0.39 is 0 Å². The van der Waals surface area contributed by atoms with E-state index in [1.54, 1.807) is 0 Å². The van der Waals surface area contributed by atoms with E-state index in [9.17, 15) is 4.79 Å². The number of thiazole rings is 1.